The molecule has 0 radical (unpaired) electrons. The van der Waals surface area contributed by atoms with Crippen molar-refractivity contribution in [2.24, 2.45) is 10.9 Å². The quantitative estimate of drug-likeness (QED) is 0.550. The molecule has 0 amide bonds. The summed E-state index contributed by atoms with van der Waals surface area (Å²) in [5, 5.41) is 0. The minimum Gasteiger partial charge on any atom is -0.292 e. The van der Waals surface area contributed by atoms with Gasteiger partial charge in [0.1, 0.15) is 0 Å². The van der Waals surface area contributed by atoms with Gasteiger partial charge in [0.05, 0.1) is 0 Å². The first-order valence-corrected chi connectivity index (χ1v) is 5.59. The molecule has 0 spiro atoms. The Hall–Kier alpha value is -0.330. The third-order valence-corrected chi connectivity index (χ3v) is 2.17. The molecule has 0 aliphatic rings. The van der Waals surface area contributed by atoms with Crippen LogP contribution >= 0.6 is 0 Å². The summed E-state index contributed by atoms with van der Waals surface area (Å²) in [5.74, 6) is 0.808. The average Bonchev–Trinajstić information content (AvgIpc) is 1.98. The van der Waals surface area contributed by atoms with Crippen LogP contribution in [-0.4, -0.2) is 11.8 Å². The van der Waals surface area contributed by atoms with Gasteiger partial charge in [-0.25, -0.2) is 0 Å². The smallest absolute Gasteiger partial charge is 0.0442 e. The third kappa shape index (κ3) is 8.01. The van der Waals surface area contributed by atoms with Gasteiger partial charge in [0.2, 0.25) is 0 Å². The number of unbranched alkanes of at least 4 members (excludes halogenated alkanes) is 1. The fourth-order valence-electron chi connectivity index (χ4n) is 1.65. The highest BCUT2D eigenvalue weighted by Gasteiger charge is 2.03. The van der Waals surface area contributed by atoms with Crippen LogP contribution in [0.25, 0.3) is 0 Å². The molecule has 0 bridgehead atoms. The maximum atomic E-state index is 4.54. The zero-order valence-electron chi connectivity index (χ0n) is 9.93. The summed E-state index contributed by atoms with van der Waals surface area (Å²) in [6.07, 6.45) is 5.19. The molecule has 0 aliphatic carbocycles. The van der Waals surface area contributed by atoms with Gasteiger partial charge in [0, 0.05) is 11.8 Å². The molecule has 0 aromatic carbocycles. The lowest BCUT2D eigenvalue weighted by Crippen LogP contribution is -2.04. The molecule has 0 rings (SSSR count). The molecule has 0 saturated carbocycles. The lowest BCUT2D eigenvalue weighted by molar-refractivity contribution is 0.521. The second kappa shape index (κ2) is 7.11. The number of hydrogen-bond donors (Lipinski definition) is 0. The van der Waals surface area contributed by atoms with Crippen LogP contribution in [0.2, 0.25) is 0 Å². The molecule has 0 aromatic heterocycles. The Morgan fingerprint density at radius 3 is 2.31 bits per heavy atom. The topological polar surface area (TPSA) is 12.4 Å². The van der Waals surface area contributed by atoms with Crippen LogP contribution in [0.15, 0.2) is 4.99 Å². The summed E-state index contributed by atoms with van der Waals surface area (Å²) in [7, 11) is 0. The van der Waals surface area contributed by atoms with Crippen LogP contribution in [0.3, 0.4) is 0 Å². The number of hydrogen-bond acceptors (Lipinski definition) is 1. The number of nitrogens with zero attached hydrogens (tertiary/aromatic N) is 1. The second-order valence-corrected chi connectivity index (χ2v) is 4.41. The van der Waals surface area contributed by atoms with Gasteiger partial charge < -0.3 is 0 Å². The van der Waals surface area contributed by atoms with Crippen molar-refractivity contribution in [3.63, 3.8) is 0 Å². The predicted octanol–water partition coefficient (Wildman–Crippen LogP) is 4.07. The zero-order valence-corrected chi connectivity index (χ0v) is 9.93. The van der Waals surface area contributed by atoms with E-state index in [1.807, 2.05) is 0 Å². The molecule has 1 atom stereocenters. The SMILES string of the molecule is CCCCC(C)CC(C)=NC(C)C. The standard InChI is InChI=1S/C12H25N/c1-6-7-8-11(4)9-12(5)13-10(2)3/h10-11H,6-9H2,1-5H3. The van der Waals surface area contributed by atoms with Gasteiger partial charge in [-0.2, -0.15) is 0 Å². The van der Waals surface area contributed by atoms with Crippen molar-refractivity contribution in [1.82, 2.24) is 0 Å². The largest absolute Gasteiger partial charge is 0.292 e. The van der Waals surface area contributed by atoms with Crippen LogP contribution < -0.4 is 0 Å². The van der Waals surface area contributed by atoms with E-state index in [1.54, 1.807) is 0 Å². The zero-order chi connectivity index (χ0) is 10.3. The van der Waals surface area contributed by atoms with Gasteiger partial charge in [0.15, 0.2) is 0 Å². The van der Waals surface area contributed by atoms with Gasteiger partial charge in [-0.05, 0) is 33.1 Å². The fourth-order valence-corrected chi connectivity index (χ4v) is 1.65. The summed E-state index contributed by atoms with van der Waals surface area (Å²) < 4.78 is 0. The first-order valence-electron chi connectivity index (χ1n) is 5.59. The summed E-state index contributed by atoms with van der Waals surface area (Å²) >= 11 is 0. The van der Waals surface area contributed by atoms with E-state index in [0.717, 1.165) is 5.92 Å². The fraction of sp³-hybridized carbons (Fsp3) is 0.917. The molecule has 0 N–H and O–H groups in total. The minimum absolute atomic E-state index is 0.457. The van der Waals surface area contributed by atoms with Crippen LogP contribution in [-0.2, 0) is 0 Å². The molecule has 0 saturated heterocycles. The molecule has 0 aliphatic heterocycles. The molecule has 13 heavy (non-hydrogen) atoms. The van der Waals surface area contributed by atoms with Gasteiger partial charge in [-0.3, -0.25) is 4.99 Å². The van der Waals surface area contributed by atoms with Crippen LogP contribution in [0.4, 0.5) is 0 Å². The Morgan fingerprint density at radius 1 is 1.23 bits per heavy atom. The van der Waals surface area contributed by atoms with E-state index in [4.69, 9.17) is 0 Å². The summed E-state index contributed by atoms with van der Waals surface area (Å²) in [5.41, 5.74) is 1.32. The van der Waals surface area contributed by atoms with Crippen molar-refractivity contribution in [3.05, 3.63) is 0 Å². The molecule has 1 nitrogen and oxygen atoms in total. The van der Waals surface area contributed by atoms with Crippen molar-refractivity contribution in [2.45, 2.75) is 66.3 Å². The van der Waals surface area contributed by atoms with E-state index in [1.165, 1.54) is 31.4 Å². The van der Waals surface area contributed by atoms with Crippen LogP contribution in [0, 0.1) is 5.92 Å². The van der Waals surface area contributed by atoms with E-state index in [-0.39, 0.29) is 0 Å². The van der Waals surface area contributed by atoms with E-state index in [9.17, 15) is 0 Å². The Labute approximate surface area is 83.6 Å². The predicted molar refractivity (Wildman–Crippen MR) is 61.6 cm³/mol. The number of rotatable bonds is 6. The highest BCUT2D eigenvalue weighted by molar-refractivity contribution is 5.82. The molecular formula is C12H25N. The van der Waals surface area contributed by atoms with Crippen molar-refractivity contribution in [2.75, 3.05) is 0 Å². The van der Waals surface area contributed by atoms with Gasteiger partial charge in [-0.15, -0.1) is 0 Å². The normalized spacial score (nSPS) is 15.1. The Balaban J connectivity index is 3.70. The van der Waals surface area contributed by atoms with Crippen molar-refractivity contribution >= 4 is 5.71 Å². The maximum absolute atomic E-state index is 4.54. The first kappa shape index (κ1) is 12.7. The molecule has 0 aromatic rings. The Morgan fingerprint density at radius 2 is 1.85 bits per heavy atom. The first-order chi connectivity index (χ1) is 6.06. The second-order valence-electron chi connectivity index (χ2n) is 4.41. The van der Waals surface area contributed by atoms with Crippen LogP contribution in [0.5, 0.6) is 0 Å². The summed E-state index contributed by atoms with van der Waals surface area (Å²) in [6.45, 7) is 11.0. The molecule has 1 unspecified atom stereocenters. The van der Waals surface area contributed by atoms with E-state index < -0.39 is 0 Å². The van der Waals surface area contributed by atoms with E-state index in [0.29, 0.717) is 6.04 Å². The van der Waals surface area contributed by atoms with Crippen molar-refractivity contribution in [3.8, 4) is 0 Å². The maximum Gasteiger partial charge on any atom is 0.0442 e. The molecule has 1 heteroatoms. The Bertz CT molecular complexity index is 147. The molecule has 0 heterocycles. The Kier molecular flexibility index (Phi) is 6.93. The van der Waals surface area contributed by atoms with E-state index in [2.05, 4.69) is 39.6 Å². The molecule has 0 fully saturated rings. The highest BCUT2D eigenvalue weighted by Crippen LogP contribution is 2.12. The molecule has 78 valence electrons. The average molecular weight is 183 g/mol. The van der Waals surface area contributed by atoms with Crippen molar-refractivity contribution in [1.29, 1.82) is 0 Å². The van der Waals surface area contributed by atoms with Gasteiger partial charge in [-0.1, -0.05) is 33.1 Å². The highest BCUT2D eigenvalue weighted by atomic mass is 14.8. The summed E-state index contributed by atoms with van der Waals surface area (Å²) in [6, 6.07) is 0.457. The monoisotopic (exact) mass is 183 g/mol. The van der Waals surface area contributed by atoms with Gasteiger partial charge >= 0.3 is 0 Å². The van der Waals surface area contributed by atoms with Crippen molar-refractivity contribution < 1.29 is 0 Å². The minimum atomic E-state index is 0.457. The lowest BCUT2D eigenvalue weighted by Gasteiger charge is -2.10. The van der Waals surface area contributed by atoms with E-state index >= 15 is 0 Å². The molecular weight excluding hydrogens is 158 g/mol. The lowest BCUT2D eigenvalue weighted by atomic mass is 9.98. The third-order valence-electron chi connectivity index (χ3n) is 2.17. The van der Waals surface area contributed by atoms with Gasteiger partial charge in [0.25, 0.3) is 0 Å². The summed E-state index contributed by atoms with van der Waals surface area (Å²) in [4.78, 5) is 4.54. The van der Waals surface area contributed by atoms with Crippen LogP contribution in [0.1, 0.15) is 60.3 Å². The number of aliphatic imine (C=N–C) groups is 1.